The molecule has 6 atom stereocenters. The van der Waals surface area contributed by atoms with E-state index in [2.05, 4.69) is 5.32 Å². The highest BCUT2D eigenvalue weighted by Gasteiger charge is 2.60. The van der Waals surface area contributed by atoms with Crippen LogP contribution in [0.2, 0.25) is 0 Å². The normalized spacial score (nSPS) is 40.5. The zero-order chi connectivity index (χ0) is 13.7. The second-order valence-corrected chi connectivity index (χ2v) is 6.04. The van der Waals surface area contributed by atoms with E-state index in [0.717, 1.165) is 12.8 Å². The van der Waals surface area contributed by atoms with Gasteiger partial charge in [-0.1, -0.05) is 6.92 Å². The molecule has 3 N–H and O–H groups in total. The highest BCUT2D eigenvalue weighted by atomic mass is 16.4. The Morgan fingerprint density at radius 2 is 2.11 bits per heavy atom. The van der Waals surface area contributed by atoms with Crippen LogP contribution >= 0.6 is 0 Å². The number of likely N-dealkylation sites (tertiary alicyclic amines) is 1. The summed E-state index contributed by atoms with van der Waals surface area (Å²) in [6.45, 7) is 2.39. The zero-order valence-electron chi connectivity index (χ0n) is 11.0. The third-order valence-electron chi connectivity index (χ3n) is 5.11. The van der Waals surface area contributed by atoms with E-state index in [1.54, 1.807) is 11.8 Å². The Morgan fingerprint density at radius 1 is 1.37 bits per heavy atom. The number of hydrogen-bond donors (Lipinski definition) is 3. The molecule has 2 bridgehead atoms. The van der Waals surface area contributed by atoms with Crippen LogP contribution in [0.3, 0.4) is 0 Å². The molecule has 2 saturated carbocycles. The number of aliphatic hydroxyl groups excluding tert-OH is 1. The van der Waals surface area contributed by atoms with E-state index in [4.69, 9.17) is 5.11 Å². The lowest BCUT2D eigenvalue weighted by atomic mass is 9.88. The van der Waals surface area contributed by atoms with Crippen molar-refractivity contribution in [1.29, 1.82) is 0 Å². The summed E-state index contributed by atoms with van der Waals surface area (Å²) in [5.41, 5.74) is 0. The van der Waals surface area contributed by atoms with Crippen LogP contribution in [0, 0.1) is 17.8 Å². The quantitative estimate of drug-likeness (QED) is 0.685. The molecule has 6 nitrogen and oxygen atoms in total. The summed E-state index contributed by atoms with van der Waals surface area (Å²) in [7, 11) is 0. The van der Waals surface area contributed by atoms with Crippen molar-refractivity contribution in [2.24, 2.45) is 17.8 Å². The molecule has 6 heteroatoms. The van der Waals surface area contributed by atoms with Gasteiger partial charge in [0.2, 0.25) is 0 Å². The number of hydrogen-bond acceptors (Lipinski definition) is 3. The first-order valence-electron chi connectivity index (χ1n) is 7.01. The summed E-state index contributed by atoms with van der Waals surface area (Å²) in [6.07, 6.45) is 1.94. The van der Waals surface area contributed by atoms with Gasteiger partial charge in [-0.15, -0.1) is 0 Å². The minimum Gasteiger partial charge on any atom is -0.480 e. The molecule has 0 aromatic heterocycles. The highest BCUT2D eigenvalue weighted by molar-refractivity contribution is 5.83. The molecule has 0 aromatic carbocycles. The average Bonchev–Trinajstić information content (AvgIpc) is 2.96. The maximum Gasteiger partial charge on any atom is 0.326 e. The minimum atomic E-state index is -1.01. The van der Waals surface area contributed by atoms with Gasteiger partial charge in [-0.2, -0.15) is 0 Å². The Hall–Kier alpha value is -1.30. The molecule has 3 aliphatic rings. The Labute approximate surface area is 111 Å². The van der Waals surface area contributed by atoms with Crippen LogP contribution in [-0.2, 0) is 4.79 Å². The molecule has 3 fully saturated rings. The standard InChI is InChI=1S/C13H20N2O4/c1-2-9(12(17)18)14-13(19)15-5-7-3-6-4-8(7)10(15)11(6)16/h6-11,16H,2-5H2,1H3,(H,14,19)(H,17,18)/t6?,7?,8?,9-,10?,11?/m0/s1. The Balaban J connectivity index is 1.70. The fraction of sp³-hybridized carbons (Fsp3) is 0.846. The van der Waals surface area contributed by atoms with Gasteiger partial charge in [0.15, 0.2) is 0 Å². The van der Waals surface area contributed by atoms with Crippen LogP contribution in [0.15, 0.2) is 0 Å². The van der Waals surface area contributed by atoms with Crippen molar-refractivity contribution < 1.29 is 19.8 Å². The molecule has 19 heavy (non-hydrogen) atoms. The van der Waals surface area contributed by atoms with Crippen LogP contribution in [0.25, 0.3) is 0 Å². The van der Waals surface area contributed by atoms with E-state index in [1.807, 2.05) is 0 Å². The number of carboxylic acids is 1. The number of carboxylic acid groups (broad SMARTS) is 1. The minimum absolute atomic E-state index is 0.102. The first-order chi connectivity index (χ1) is 9.02. The molecule has 5 unspecified atom stereocenters. The van der Waals surface area contributed by atoms with E-state index in [-0.39, 0.29) is 12.1 Å². The van der Waals surface area contributed by atoms with Gasteiger partial charge in [-0.25, -0.2) is 9.59 Å². The SMILES string of the molecule is CC[C@H](NC(=O)N1CC2CC3CC2C1C3O)C(=O)O. The molecule has 2 aliphatic carbocycles. The van der Waals surface area contributed by atoms with Crippen molar-refractivity contribution in [3.05, 3.63) is 0 Å². The van der Waals surface area contributed by atoms with Gasteiger partial charge < -0.3 is 20.4 Å². The summed E-state index contributed by atoms with van der Waals surface area (Å²) in [5.74, 6) is 0.229. The van der Waals surface area contributed by atoms with E-state index < -0.39 is 18.1 Å². The second-order valence-electron chi connectivity index (χ2n) is 6.04. The zero-order valence-corrected chi connectivity index (χ0v) is 11.0. The van der Waals surface area contributed by atoms with E-state index in [1.165, 1.54) is 0 Å². The molecule has 0 spiro atoms. The molecule has 1 aliphatic heterocycles. The molecule has 106 valence electrons. The molecule has 1 heterocycles. The number of nitrogens with one attached hydrogen (secondary N) is 1. The largest absolute Gasteiger partial charge is 0.480 e. The molecule has 1 saturated heterocycles. The van der Waals surface area contributed by atoms with Crippen molar-refractivity contribution >= 4 is 12.0 Å². The molecule has 2 amide bonds. The maximum absolute atomic E-state index is 12.2. The van der Waals surface area contributed by atoms with E-state index in [0.29, 0.717) is 30.7 Å². The Morgan fingerprint density at radius 3 is 2.68 bits per heavy atom. The first kappa shape index (κ1) is 12.7. The van der Waals surface area contributed by atoms with Gasteiger partial charge in [0.25, 0.3) is 0 Å². The summed E-state index contributed by atoms with van der Waals surface area (Å²) < 4.78 is 0. The van der Waals surface area contributed by atoms with Crippen molar-refractivity contribution in [2.75, 3.05) is 6.54 Å². The summed E-state index contributed by atoms with van der Waals surface area (Å²) >= 11 is 0. The molecular weight excluding hydrogens is 248 g/mol. The number of carbonyl (C=O) groups is 2. The van der Waals surface area contributed by atoms with Gasteiger partial charge in [0.1, 0.15) is 6.04 Å². The van der Waals surface area contributed by atoms with Gasteiger partial charge in [-0.05, 0) is 37.0 Å². The lowest BCUT2D eigenvalue weighted by molar-refractivity contribution is -0.139. The number of carbonyl (C=O) groups excluding carboxylic acids is 1. The van der Waals surface area contributed by atoms with Crippen LogP contribution in [-0.4, -0.2) is 51.8 Å². The molecular formula is C13H20N2O4. The van der Waals surface area contributed by atoms with Crippen molar-refractivity contribution in [3.8, 4) is 0 Å². The molecule has 0 radical (unpaired) electrons. The number of fused-ring (bicyclic) bond motifs is 1. The number of nitrogens with zero attached hydrogens (tertiary/aromatic N) is 1. The van der Waals surface area contributed by atoms with Crippen molar-refractivity contribution in [1.82, 2.24) is 10.2 Å². The lowest BCUT2D eigenvalue weighted by Crippen LogP contribution is -2.52. The van der Waals surface area contributed by atoms with Gasteiger partial charge in [-0.3, -0.25) is 0 Å². The Kier molecular flexibility index (Phi) is 2.92. The van der Waals surface area contributed by atoms with Crippen molar-refractivity contribution in [3.63, 3.8) is 0 Å². The predicted molar refractivity (Wildman–Crippen MR) is 66.5 cm³/mol. The monoisotopic (exact) mass is 268 g/mol. The smallest absolute Gasteiger partial charge is 0.326 e. The Bertz CT molecular complexity index is 411. The van der Waals surface area contributed by atoms with Crippen molar-refractivity contribution in [2.45, 2.75) is 44.4 Å². The predicted octanol–water partition coefficient (Wildman–Crippen LogP) is 0.260. The fourth-order valence-electron chi connectivity index (χ4n) is 4.22. The van der Waals surface area contributed by atoms with Crippen LogP contribution in [0.5, 0.6) is 0 Å². The van der Waals surface area contributed by atoms with Crippen LogP contribution in [0.4, 0.5) is 4.79 Å². The van der Waals surface area contributed by atoms with Gasteiger partial charge in [0.05, 0.1) is 12.1 Å². The third-order valence-corrected chi connectivity index (χ3v) is 5.11. The average molecular weight is 268 g/mol. The van der Waals surface area contributed by atoms with Crippen LogP contribution in [0.1, 0.15) is 26.2 Å². The maximum atomic E-state index is 12.2. The number of amides is 2. The number of rotatable bonds is 3. The summed E-state index contributed by atoms with van der Waals surface area (Å²) in [4.78, 5) is 24.8. The number of urea groups is 1. The van der Waals surface area contributed by atoms with E-state index in [9.17, 15) is 14.7 Å². The second kappa shape index (κ2) is 4.37. The summed E-state index contributed by atoms with van der Waals surface area (Å²) in [6, 6.07) is -1.29. The van der Waals surface area contributed by atoms with Crippen LogP contribution < -0.4 is 5.32 Å². The molecule has 3 rings (SSSR count). The highest BCUT2D eigenvalue weighted by Crippen LogP contribution is 2.54. The third kappa shape index (κ3) is 1.81. The number of aliphatic carboxylic acids is 1. The summed E-state index contributed by atoms with van der Waals surface area (Å²) in [5, 5.41) is 21.7. The first-order valence-corrected chi connectivity index (χ1v) is 7.01. The lowest BCUT2D eigenvalue weighted by Gasteiger charge is -2.29. The van der Waals surface area contributed by atoms with Gasteiger partial charge in [0, 0.05) is 6.54 Å². The van der Waals surface area contributed by atoms with Gasteiger partial charge >= 0.3 is 12.0 Å². The molecule has 0 aromatic rings. The fourth-order valence-corrected chi connectivity index (χ4v) is 4.22. The number of aliphatic hydroxyl groups is 1. The topological polar surface area (TPSA) is 89.9 Å². The van der Waals surface area contributed by atoms with E-state index >= 15 is 0 Å².